The van der Waals surface area contributed by atoms with E-state index in [1.54, 1.807) is 0 Å². The van der Waals surface area contributed by atoms with Crippen LogP contribution in [0.3, 0.4) is 0 Å². The minimum atomic E-state index is -4.26. The number of phosphoric ester groups is 1. The van der Waals surface area contributed by atoms with Crippen molar-refractivity contribution in [1.29, 1.82) is 0 Å². The Morgan fingerprint density at radius 3 is 1.45 bits per heavy atom. The summed E-state index contributed by atoms with van der Waals surface area (Å²) in [6.07, 6.45) is 0. The van der Waals surface area contributed by atoms with E-state index in [-0.39, 0.29) is 20.1 Å². The van der Waals surface area contributed by atoms with E-state index in [1.807, 2.05) is 0 Å². The summed E-state index contributed by atoms with van der Waals surface area (Å²) in [7, 11) is -4.89. The molecule has 71 valence electrons. The van der Waals surface area contributed by atoms with Gasteiger partial charge < -0.3 is 24.1 Å². The maximum absolute atomic E-state index is 9.41. The van der Waals surface area contributed by atoms with Crippen molar-refractivity contribution in [3.63, 3.8) is 0 Å². The van der Waals surface area contributed by atoms with E-state index < -0.39 is 16.1 Å². The zero-order valence-electron chi connectivity index (χ0n) is 5.05. The van der Waals surface area contributed by atoms with Gasteiger partial charge in [0.2, 0.25) is 0 Å². The second kappa shape index (κ2) is 9.00. The van der Waals surface area contributed by atoms with Crippen molar-refractivity contribution in [1.82, 2.24) is 0 Å². The Morgan fingerprint density at radius 1 is 1.36 bits per heavy atom. The first kappa shape index (κ1) is 17.9. The molecule has 7 nitrogen and oxygen atoms in total. The fourth-order valence-corrected chi connectivity index (χ4v) is 0. The van der Waals surface area contributed by atoms with Crippen molar-refractivity contribution in [2.75, 3.05) is 0 Å². The molecule has 0 aromatic rings. The fraction of sp³-hybridized carbons (Fsp3) is 0. The van der Waals surface area contributed by atoms with Gasteiger partial charge in [0.1, 0.15) is 0 Å². The van der Waals surface area contributed by atoms with E-state index in [0.29, 0.717) is 0 Å². The van der Waals surface area contributed by atoms with E-state index in [9.17, 15) is 4.57 Å². The van der Waals surface area contributed by atoms with E-state index in [4.69, 9.17) is 24.1 Å². The molecule has 0 aromatic heterocycles. The summed E-state index contributed by atoms with van der Waals surface area (Å²) < 4.78 is 21.5. The van der Waals surface area contributed by atoms with Crippen LogP contribution in [0, 0.1) is 7.11 Å². The molecular weight excluding hydrogens is 284 g/mol. The van der Waals surface area contributed by atoms with Crippen LogP contribution in [0.2, 0.25) is 0 Å². The molecule has 0 spiro atoms. The molecule has 0 unspecified atom stereocenters. The van der Waals surface area contributed by atoms with Crippen LogP contribution in [0.5, 0.6) is 0 Å². The van der Waals surface area contributed by atoms with Gasteiger partial charge in [-0.1, -0.05) is 0 Å². The summed E-state index contributed by atoms with van der Waals surface area (Å²) in [5.41, 5.74) is 0. The van der Waals surface area contributed by atoms with Gasteiger partial charge in [-0.15, -0.1) is 0 Å². The molecule has 4 N–H and O–H groups in total. The van der Waals surface area contributed by atoms with Crippen molar-refractivity contribution in [2.24, 2.45) is 0 Å². The fourth-order valence-electron chi connectivity index (χ4n) is 0. The van der Waals surface area contributed by atoms with Gasteiger partial charge in [-0.25, -0.2) is 11.7 Å². The quantitative estimate of drug-likeness (QED) is 0.370. The van der Waals surface area contributed by atoms with Crippen LogP contribution >= 0.6 is 16.1 Å². The second-order valence-electron chi connectivity index (χ2n) is 0.902. The zero-order chi connectivity index (χ0) is 8.78. The van der Waals surface area contributed by atoms with Crippen LogP contribution in [-0.4, -0.2) is 19.6 Å². The average molecular weight is 291 g/mol. The Kier molecular flexibility index (Phi) is 14.6. The van der Waals surface area contributed by atoms with Gasteiger partial charge in [0.15, 0.2) is 0 Å². The Balaban J connectivity index is -0.000000114. The SMILES string of the molecule is O=[PH](O)O.[CH2-]OP(=O)(O)O.[Tc]. The van der Waals surface area contributed by atoms with Crippen molar-refractivity contribution >= 4 is 16.1 Å². The normalized spacial score (nSPS) is 9.64. The zero-order valence-corrected chi connectivity index (χ0v) is 8.80. The first-order valence-corrected chi connectivity index (χ1v) is 4.54. The molecule has 10 heteroatoms. The van der Waals surface area contributed by atoms with Gasteiger partial charge in [-0.2, -0.15) is 0 Å². The van der Waals surface area contributed by atoms with Crippen LogP contribution in [0.25, 0.3) is 0 Å². The Hall–Kier alpha value is 0.909. The topological polar surface area (TPSA) is 124 Å². The predicted octanol–water partition coefficient (Wildman–Crippen LogP) is -0.755. The van der Waals surface area contributed by atoms with Crippen LogP contribution in [-0.2, 0) is 33.8 Å². The maximum atomic E-state index is 9.41. The first-order chi connectivity index (χ1) is 4.29. The standard InChI is InChI=1S/CH4O4P.H3O3P.Tc/c1-5-6(2,3)4;1-4(2)3;/h1H2,(H2,2,3,4);4H,(H2,1,2,3);/q-1;;. The molecule has 0 aliphatic rings. The van der Waals surface area contributed by atoms with Crippen LogP contribution < -0.4 is 0 Å². The molecule has 0 aliphatic carbocycles. The van der Waals surface area contributed by atoms with Gasteiger partial charge in [-0.05, 0) is 0 Å². The molecule has 0 rings (SSSR count). The third-order valence-electron chi connectivity index (χ3n) is 0.168. The minimum Gasteiger partial charge on any atom is -0.467 e. The molecule has 1 radical (unpaired) electrons. The minimum absolute atomic E-state index is 0. The van der Waals surface area contributed by atoms with E-state index in [0.717, 1.165) is 0 Å². The predicted molar refractivity (Wildman–Crippen MR) is 31.9 cm³/mol. The summed E-state index contributed by atoms with van der Waals surface area (Å²) >= 11 is 0. The van der Waals surface area contributed by atoms with Crippen LogP contribution in [0.1, 0.15) is 0 Å². The number of rotatable bonds is 1. The molecule has 0 heterocycles. The van der Waals surface area contributed by atoms with Gasteiger partial charge in [-0.3, -0.25) is 4.57 Å². The van der Waals surface area contributed by atoms with Crippen molar-refractivity contribution in [3.8, 4) is 0 Å². The molecule has 0 atom stereocenters. The monoisotopic (exact) mass is 290 g/mol. The maximum Gasteiger partial charge on any atom is 0.438 e. The van der Waals surface area contributed by atoms with Crippen molar-refractivity contribution in [3.05, 3.63) is 7.11 Å². The molecule has 0 aliphatic heterocycles. The molecular formula is CH7O7P2Tc-. The summed E-state index contributed by atoms with van der Waals surface area (Å²) in [4.78, 5) is 29.6. The van der Waals surface area contributed by atoms with Gasteiger partial charge in [0, 0.05) is 20.1 Å². The summed E-state index contributed by atoms with van der Waals surface area (Å²) in [6.45, 7) is 0. The van der Waals surface area contributed by atoms with Crippen LogP contribution in [0.4, 0.5) is 0 Å². The molecule has 11 heavy (non-hydrogen) atoms. The number of hydrogen-bond acceptors (Lipinski definition) is 3. The molecule has 0 saturated carbocycles. The third-order valence-corrected chi connectivity index (χ3v) is 0.505. The largest absolute Gasteiger partial charge is 0.467 e. The van der Waals surface area contributed by atoms with Gasteiger partial charge >= 0.3 is 16.1 Å². The Bertz CT molecular complexity index is 135. The summed E-state index contributed by atoms with van der Waals surface area (Å²) in [5, 5.41) is 0. The van der Waals surface area contributed by atoms with E-state index >= 15 is 0 Å². The van der Waals surface area contributed by atoms with Crippen LogP contribution in [0.15, 0.2) is 0 Å². The number of hydrogen-bond donors (Lipinski definition) is 4. The number of phosphoric acid groups is 1. The molecule has 0 bridgehead atoms. The third kappa shape index (κ3) is 56.7. The van der Waals surface area contributed by atoms with Gasteiger partial charge in [0.25, 0.3) is 0 Å². The first-order valence-electron chi connectivity index (χ1n) is 1.71. The molecule has 0 fully saturated rings. The van der Waals surface area contributed by atoms with Gasteiger partial charge in [0.05, 0.1) is 0 Å². The molecule has 0 aromatic carbocycles. The summed E-state index contributed by atoms with van der Waals surface area (Å²) in [6, 6.07) is 0. The molecule has 0 amide bonds. The molecule has 0 saturated heterocycles. The van der Waals surface area contributed by atoms with Crippen molar-refractivity contribution in [2.45, 2.75) is 0 Å². The Morgan fingerprint density at radius 2 is 1.45 bits per heavy atom. The van der Waals surface area contributed by atoms with E-state index in [2.05, 4.69) is 11.6 Å². The van der Waals surface area contributed by atoms with E-state index in [1.165, 1.54) is 0 Å². The second-order valence-corrected chi connectivity index (χ2v) is 2.71. The average Bonchev–Trinajstić information content (AvgIpc) is 1.63. The summed E-state index contributed by atoms with van der Waals surface area (Å²) in [5.74, 6) is 0. The van der Waals surface area contributed by atoms with Crippen molar-refractivity contribution < 1.29 is 53.3 Å². The smallest absolute Gasteiger partial charge is 0.438 e. The Labute approximate surface area is 76.9 Å².